The Bertz CT molecular complexity index is 861. The fourth-order valence-electron chi connectivity index (χ4n) is 2.35. The number of nitrogens with zero attached hydrogens (tertiary/aromatic N) is 3. The smallest absolute Gasteiger partial charge is 0.184 e. The van der Waals surface area contributed by atoms with E-state index in [1.807, 2.05) is 34.5 Å². The van der Waals surface area contributed by atoms with Gasteiger partial charge in [-0.05, 0) is 59.4 Å². The molecule has 0 radical (unpaired) electrons. The van der Waals surface area contributed by atoms with Gasteiger partial charge in [0.05, 0.1) is 16.4 Å². The molecule has 2 aromatic heterocycles. The van der Waals surface area contributed by atoms with Crippen molar-refractivity contribution in [3.05, 3.63) is 37.3 Å². The second-order valence-corrected chi connectivity index (χ2v) is 6.52. The molecule has 0 amide bonds. The van der Waals surface area contributed by atoms with Gasteiger partial charge in [0.2, 0.25) is 0 Å². The maximum absolute atomic E-state index is 6.37. The Labute approximate surface area is 139 Å². The minimum Gasteiger partial charge on any atom is -0.327 e. The molecule has 0 unspecified atom stereocenters. The van der Waals surface area contributed by atoms with E-state index < -0.39 is 0 Å². The third kappa shape index (κ3) is 2.10. The Hall–Kier alpha value is -0.860. The van der Waals surface area contributed by atoms with Crippen LogP contribution in [0.2, 0.25) is 5.02 Å². The molecule has 2 heterocycles. The van der Waals surface area contributed by atoms with Crippen LogP contribution in [0, 0.1) is 8.34 Å². The molecule has 3 aromatic rings. The van der Waals surface area contributed by atoms with Crippen molar-refractivity contribution in [2.24, 2.45) is 7.05 Å². The van der Waals surface area contributed by atoms with Gasteiger partial charge in [-0.15, -0.1) is 0 Å². The van der Waals surface area contributed by atoms with Crippen molar-refractivity contribution >= 4 is 57.6 Å². The lowest BCUT2D eigenvalue weighted by molar-refractivity contribution is 0.748. The number of aryl methyl sites for hydroxylation is 2. The zero-order valence-corrected chi connectivity index (χ0v) is 14.7. The summed E-state index contributed by atoms with van der Waals surface area (Å²) < 4.78 is 5.50. The van der Waals surface area contributed by atoms with Gasteiger partial charge in [-0.1, -0.05) is 18.5 Å². The molecule has 0 atom stereocenters. The van der Waals surface area contributed by atoms with Gasteiger partial charge in [0, 0.05) is 10.6 Å². The number of hydrogen-bond donors (Lipinski definition) is 1. The standard InChI is InChI=1S/C13H12ClIN4S/c1-3-9-11-12(18(2)17-9)19(13(20)16-11)10-5-4-7(15)6-8(10)14/h4-6H,3H2,1-2H3,(H,16,20). The third-order valence-electron chi connectivity index (χ3n) is 3.22. The number of rotatable bonds is 2. The van der Waals surface area contributed by atoms with E-state index >= 15 is 0 Å². The predicted molar refractivity (Wildman–Crippen MR) is 92.3 cm³/mol. The average molecular weight is 419 g/mol. The fourth-order valence-corrected chi connectivity index (χ4v) is 3.57. The summed E-state index contributed by atoms with van der Waals surface area (Å²) in [6.45, 7) is 2.08. The van der Waals surface area contributed by atoms with Gasteiger partial charge in [0.1, 0.15) is 5.52 Å². The maximum Gasteiger partial charge on any atom is 0.184 e. The van der Waals surface area contributed by atoms with E-state index in [2.05, 4.69) is 39.6 Å². The van der Waals surface area contributed by atoms with Crippen LogP contribution in [0.1, 0.15) is 12.6 Å². The highest BCUT2D eigenvalue weighted by Crippen LogP contribution is 2.28. The van der Waals surface area contributed by atoms with E-state index in [0.717, 1.165) is 32.5 Å². The molecule has 20 heavy (non-hydrogen) atoms. The molecule has 0 fully saturated rings. The molecule has 7 heteroatoms. The molecule has 3 rings (SSSR count). The van der Waals surface area contributed by atoms with E-state index in [1.165, 1.54) is 0 Å². The van der Waals surface area contributed by atoms with Crippen molar-refractivity contribution in [3.63, 3.8) is 0 Å². The molecule has 0 bridgehead atoms. The average Bonchev–Trinajstić information content (AvgIpc) is 2.87. The molecule has 1 N–H and O–H groups in total. The van der Waals surface area contributed by atoms with Gasteiger partial charge in [0.15, 0.2) is 10.4 Å². The van der Waals surface area contributed by atoms with Gasteiger partial charge in [-0.25, -0.2) is 4.68 Å². The van der Waals surface area contributed by atoms with Crippen LogP contribution in [0.5, 0.6) is 0 Å². The number of imidazole rings is 1. The molecule has 104 valence electrons. The summed E-state index contributed by atoms with van der Waals surface area (Å²) in [5, 5.41) is 5.19. The predicted octanol–water partition coefficient (Wildman–Crippen LogP) is 4.24. The van der Waals surface area contributed by atoms with Crippen LogP contribution >= 0.6 is 46.4 Å². The highest BCUT2D eigenvalue weighted by molar-refractivity contribution is 14.1. The van der Waals surface area contributed by atoms with Crippen LogP contribution in [0.25, 0.3) is 16.9 Å². The topological polar surface area (TPSA) is 38.5 Å². The van der Waals surface area contributed by atoms with Gasteiger partial charge >= 0.3 is 0 Å². The lowest BCUT2D eigenvalue weighted by Crippen LogP contribution is -2.01. The quantitative estimate of drug-likeness (QED) is 0.499. The minimum absolute atomic E-state index is 0.630. The first kappa shape index (κ1) is 14.1. The van der Waals surface area contributed by atoms with Gasteiger partial charge in [-0.3, -0.25) is 4.57 Å². The molecular formula is C13H12ClIN4S. The number of aromatic nitrogens is 4. The largest absolute Gasteiger partial charge is 0.327 e. The maximum atomic E-state index is 6.37. The summed E-state index contributed by atoms with van der Waals surface area (Å²) in [7, 11) is 1.92. The number of fused-ring (bicyclic) bond motifs is 1. The molecule has 0 aliphatic heterocycles. The normalized spacial score (nSPS) is 11.4. The van der Waals surface area contributed by atoms with Crippen molar-refractivity contribution in [1.29, 1.82) is 0 Å². The highest BCUT2D eigenvalue weighted by atomic mass is 127. The van der Waals surface area contributed by atoms with Gasteiger partial charge in [-0.2, -0.15) is 5.10 Å². The molecular weight excluding hydrogens is 407 g/mol. The Morgan fingerprint density at radius 3 is 2.85 bits per heavy atom. The van der Waals surface area contributed by atoms with Crippen LogP contribution < -0.4 is 0 Å². The van der Waals surface area contributed by atoms with Crippen LogP contribution in [0.4, 0.5) is 0 Å². The molecule has 0 aliphatic rings. The summed E-state index contributed by atoms with van der Waals surface area (Å²) in [4.78, 5) is 3.24. The summed E-state index contributed by atoms with van der Waals surface area (Å²) in [6.07, 6.45) is 0.854. The lowest BCUT2D eigenvalue weighted by Gasteiger charge is -2.07. The monoisotopic (exact) mass is 418 g/mol. The van der Waals surface area contributed by atoms with Crippen LogP contribution in [-0.2, 0) is 13.5 Å². The molecule has 0 spiro atoms. The number of benzene rings is 1. The van der Waals surface area contributed by atoms with Crippen molar-refractivity contribution in [1.82, 2.24) is 19.3 Å². The van der Waals surface area contributed by atoms with Crippen LogP contribution in [0.15, 0.2) is 18.2 Å². The summed E-state index contributed by atoms with van der Waals surface area (Å²) in [5.74, 6) is 0. The van der Waals surface area contributed by atoms with Crippen molar-refractivity contribution < 1.29 is 0 Å². The minimum atomic E-state index is 0.630. The van der Waals surface area contributed by atoms with E-state index in [-0.39, 0.29) is 0 Å². The number of H-pyrrole nitrogens is 1. The Morgan fingerprint density at radius 2 is 2.20 bits per heavy atom. The summed E-state index contributed by atoms with van der Waals surface area (Å²) in [5.41, 5.74) is 3.80. The number of hydrogen-bond acceptors (Lipinski definition) is 2. The zero-order chi connectivity index (χ0) is 14.4. The third-order valence-corrected chi connectivity index (χ3v) is 4.48. The molecule has 0 saturated carbocycles. The first-order valence-electron chi connectivity index (χ1n) is 6.15. The van der Waals surface area contributed by atoms with Crippen LogP contribution in [0.3, 0.4) is 0 Å². The van der Waals surface area contributed by atoms with E-state index in [4.69, 9.17) is 23.8 Å². The Balaban J connectivity index is 2.39. The summed E-state index contributed by atoms with van der Waals surface area (Å²) >= 11 is 14.1. The molecule has 4 nitrogen and oxygen atoms in total. The first-order chi connectivity index (χ1) is 9.52. The highest BCUT2D eigenvalue weighted by Gasteiger charge is 2.16. The Morgan fingerprint density at radius 1 is 1.45 bits per heavy atom. The van der Waals surface area contributed by atoms with Crippen molar-refractivity contribution in [2.75, 3.05) is 0 Å². The lowest BCUT2D eigenvalue weighted by atomic mass is 10.3. The number of nitrogens with one attached hydrogen (secondary N) is 1. The zero-order valence-electron chi connectivity index (χ0n) is 10.9. The van der Waals surface area contributed by atoms with E-state index in [1.54, 1.807) is 0 Å². The molecule has 1 aromatic carbocycles. The van der Waals surface area contributed by atoms with E-state index in [9.17, 15) is 0 Å². The Kier molecular flexibility index (Phi) is 3.64. The molecule has 0 saturated heterocycles. The second-order valence-electron chi connectivity index (χ2n) is 4.48. The van der Waals surface area contributed by atoms with Crippen LogP contribution in [-0.4, -0.2) is 19.3 Å². The van der Waals surface area contributed by atoms with Crippen molar-refractivity contribution in [3.8, 4) is 5.69 Å². The SMILES string of the molecule is CCc1nn(C)c2c1[nH]c(=S)n2-c1ccc(I)cc1Cl. The van der Waals surface area contributed by atoms with E-state index in [0.29, 0.717) is 9.79 Å². The fraction of sp³-hybridized carbons (Fsp3) is 0.231. The number of halogens is 2. The van der Waals surface area contributed by atoms with Gasteiger partial charge < -0.3 is 4.98 Å². The second kappa shape index (κ2) is 5.16. The van der Waals surface area contributed by atoms with Gasteiger partial charge in [0.25, 0.3) is 0 Å². The van der Waals surface area contributed by atoms with Crippen molar-refractivity contribution in [2.45, 2.75) is 13.3 Å². The first-order valence-corrected chi connectivity index (χ1v) is 8.01. The number of aromatic amines is 1. The summed E-state index contributed by atoms with van der Waals surface area (Å²) in [6, 6.07) is 5.92. The molecule has 0 aliphatic carbocycles.